The lowest BCUT2D eigenvalue weighted by Crippen LogP contribution is -2.06. The molecule has 0 aliphatic rings. The van der Waals surface area contributed by atoms with Gasteiger partial charge in [-0.25, -0.2) is 23.4 Å². The smallest absolute Gasteiger partial charge is 0.247 e. The van der Waals surface area contributed by atoms with Crippen molar-refractivity contribution in [2.24, 2.45) is 0 Å². The van der Waals surface area contributed by atoms with Crippen LogP contribution in [0.25, 0.3) is 22.3 Å². The molecule has 0 fully saturated rings. The molecule has 7 nitrogen and oxygen atoms in total. The Morgan fingerprint density at radius 3 is 2.73 bits per heavy atom. The Hall–Kier alpha value is -2.79. The zero-order valence-corrected chi connectivity index (χ0v) is 12.6. The second-order valence-electron chi connectivity index (χ2n) is 4.91. The van der Waals surface area contributed by atoms with Crippen LogP contribution in [0.2, 0.25) is 0 Å². The summed E-state index contributed by atoms with van der Waals surface area (Å²) < 4.78 is 23.3. The van der Waals surface area contributed by atoms with Gasteiger partial charge in [0.1, 0.15) is 11.7 Å². The Bertz CT molecular complexity index is 1030. The van der Waals surface area contributed by atoms with Crippen LogP contribution < -0.4 is 0 Å². The molecule has 0 aliphatic heterocycles. The monoisotopic (exact) mass is 313 g/mol. The number of nitrogens with one attached hydrogen (secondary N) is 1. The summed E-state index contributed by atoms with van der Waals surface area (Å²) in [4.78, 5) is 15.1. The maximum atomic E-state index is 11.6. The maximum absolute atomic E-state index is 11.6. The van der Waals surface area contributed by atoms with Crippen molar-refractivity contribution in [1.29, 1.82) is 5.26 Å². The normalized spacial score (nSPS) is 11.5. The summed E-state index contributed by atoms with van der Waals surface area (Å²) in [6.07, 6.45) is 5.63. The van der Waals surface area contributed by atoms with Gasteiger partial charge in [0, 0.05) is 29.6 Å². The van der Waals surface area contributed by atoms with E-state index in [1.54, 1.807) is 12.4 Å². The highest BCUT2D eigenvalue weighted by atomic mass is 32.2. The van der Waals surface area contributed by atoms with Crippen molar-refractivity contribution in [3.63, 3.8) is 0 Å². The van der Waals surface area contributed by atoms with E-state index in [-0.39, 0.29) is 16.4 Å². The summed E-state index contributed by atoms with van der Waals surface area (Å²) in [6, 6.07) is 3.89. The molecule has 22 heavy (non-hydrogen) atoms. The van der Waals surface area contributed by atoms with Crippen LogP contribution >= 0.6 is 0 Å². The number of pyridine rings is 1. The lowest BCUT2D eigenvalue weighted by atomic mass is 10.1. The molecule has 3 aromatic rings. The highest BCUT2D eigenvalue weighted by Crippen LogP contribution is 2.29. The number of aromatic nitrogens is 4. The molecule has 0 saturated heterocycles. The van der Waals surface area contributed by atoms with Gasteiger partial charge in [-0.1, -0.05) is 0 Å². The molecule has 0 amide bonds. The highest BCUT2D eigenvalue weighted by Gasteiger charge is 2.18. The van der Waals surface area contributed by atoms with E-state index in [9.17, 15) is 13.7 Å². The number of aromatic amines is 1. The second-order valence-corrected chi connectivity index (χ2v) is 6.82. The lowest BCUT2D eigenvalue weighted by molar-refractivity contribution is 0.593. The zero-order valence-electron chi connectivity index (χ0n) is 11.8. The topological polar surface area (TPSA) is 112 Å². The number of nitrogens with zero attached hydrogens (tertiary/aromatic N) is 4. The Kier molecular flexibility index (Phi) is 3.15. The van der Waals surface area contributed by atoms with Gasteiger partial charge in [-0.05, 0) is 18.6 Å². The van der Waals surface area contributed by atoms with E-state index < -0.39 is 9.84 Å². The third kappa shape index (κ3) is 2.31. The molecule has 0 radical (unpaired) electrons. The Morgan fingerprint density at radius 2 is 2.05 bits per heavy atom. The SMILES string of the molecule is Cc1cnc2[nH]cc(-c3nc(S(C)(=O)=O)ncc3C#N)c2c1. The van der Waals surface area contributed by atoms with E-state index in [0.29, 0.717) is 11.2 Å². The molecule has 8 heteroatoms. The summed E-state index contributed by atoms with van der Waals surface area (Å²) >= 11 is 0. The molecule has 3 heterocycles. The van der Waals surface area contributed by atoms with Crippen molar-refractivity contribution in [1.82, 2.24) is 19.9 Å². The van der Waals surface area contributed by atoms with Crippen molar-refractivity contribution in [2.45, 2.75) is 12.1 Å². The first-order chi connectivity index (χ1) is 10.4. The Balaban J connectivity index is 2.34. The number of H-pyrrole nitrogens is 1. The van der Waals surface area contributed by atoms with E-state index in [4.69, 9.17) is 0 Å². The van der Waals surface area contributed by atoms with Crippen molar-refractivity contribution in [3.05, 3.63) is 35.8 Å². The standard InChI is InChI=1S/C14H11N5O2S/c1-8-3-10-11(7-17-13(10)16-5-8)12-9(4-15)6-18-14(19-12)22(2,20)21/h3,5-7H,1-2H3,(H,16,17). The van der Waals surface area contributed by atoms with E-state index in [1.165, 1.54) is 6.20 Å². The second kappa shape index (κ2) is 4.89. The molecule has 0 atom stereocenters. The van der Waals surface area contributed by atoms with Gasteiger partial charge >= 0.3 is 0 Å². The zero-order chi connectivity index (χ0) is 15.9. The van der Waals surface area contributed by atoms with Crippen molar-refractivity contribution >= 4 is 20.9 Å². The molecule has 0 bridgehead atoms. The van der Waals surface area contributed by atoms with E-state index in [2.05, 4.69) is 19.9 Å². The van der Waals surface area contributed by atoms with Crippen LogP contribution in [-0.4, -0.2) is 34.6 Å². The van der Waals surface area contributed by atoms with Gasteiger partial charge in [0.15, 0.2) is 0 Å². The van der Waals surface area contributed by atoms with Crippen LogP contribution in [0.3, 0.4) is 0 Å². The average molecular weight is 313 g/mol. The van der Waals surface area contributed by atoms with E-state index in [0.717, 1.165) is 17.2 Å². The molecule has 0 saturated carbocycles. The summed E-state index contributed by atoms with van der Waals surface area (Å²) in [5.74, 6) is 0. The molecule has 3 rings (SSSR count). The fourth-order valence-electron chi connectivity index (χ4n) is 2.14. The van der Waals surface area contributed by atoms with Crippen molar-refractivity contribution < 1.29 is 8.42 Å². The molecule has 110 valence electrons. The number of aryl methyl sites for hydroxylation is 1. The van der Waals surface area contributed by atoms with Crippen LogP contribution in [0, 0.1) is 18.3 Å². The number of fused-ring (bicyclic) bond motifs is 1. The predicted octanol–water partition coefficient (Wildman–Crippen LogP) is 1.60. The first kappa shape index (κ1) is 14.2. The van der Waals surface area contributed by atoms with Gasteiger partial charge in [-0.2, -0.15) is 5.26 Å². The van der Waals surface area contributed by atoms with Crippen LogP contribution in [0.4, 0.5) is 0 Å². The molecule has 0 spiro atoms. The fourth-order valence-corrected chi connectivity index (χ4v) is 2.64. The largest absolute Gasteiger partial charge is 0.345 e. The number of hydrogen-bond acceptors (Lipinski definition) is 6. The predicted molar refractivity (Wildman–Crippen MR) is 79.7 cm³/mol. The van der Waals surface area contributed by atoms with Crippen LogP contribution in [0.15, 0.2) is 29.8 Å². The van der Waals surface area contributed by atoms with E-state index in [1.807, 2.05) is 19.1 Å². The molecular formula is C14H11N5O2S. The third-order valence-electron chi connectivity index (χ3n) is 3.14. The minimum absolute atomic E-state index is 0.204. The highest BCUT2D eigenvalue weighted by molar-refractivity contribution is 7.90. The van der Waals surface area contributed by atoms with E-state index >= 15 is 0 Å². The van der Waals surface area contributed by atoms with Gasteiger partial charge in [0.2, 0.25) is 15.0 Å². The van der Waals surface area contributed by atoms with Crippen LogP contribution in [0.5, 0.6) is 0 Å². The summed E-state index contributed by atoms with van der Waals surface area (Å²) in [5, 5.41) is 9.70. The summed E-state index contributed by atoms with van der Waals surface area (Å²) in [6.45, 7) is 1.90. The van der Waals surface area contributed by atoms with Crippen LogP contribution in [-0.2, 0) is 9.84 Å². The Labute approximate surface area is 126 Å². The molecule has 0 unspecified atom stereocenters. The average Bonchev–Trinajstić information content (AvgIpc) is 2.88. The Morgan fingerprint density at radius 1 is 1.27 bits per heavy atom. The first-order valence-electron chi connectivity index (χ1n) is 6.31. The summed E-state index contributed by atoms with van der Waals surface area (Å²) in [5.41, 5.74) is 2.69. The van der Waals surface area contributed by atoms with Crippen LogP contribution in [0.1, 0.15) is 11.1 Å². The summed E-state index contributed by atoms with van der Waals surface area (Å²) in [7, 11) is -3.56. The van der Waals surface area contributed by atoms with Gasteiger partial charge < -0.3 is 4.98 Å². The van der Waals surface area contributed by atoms with Gasteiger partial charge in [0.25, 0.3) is 0 Å². The lowest BCUT2D eigenvalue weighted by Gasteiger charge is -2.04. The van der Waals surface area contributed by atoms with Gasteiger partial charge in [-0.3, -0.25) is 0 Å². The number of hydrogen-bond donors (Lipinski definition) is 1. The molecule has 0 aliphatic carbocycles. The number of sulfone groups is 1. The molecule has 3 aromatic heterocycles. The van der Waals surface area contributed by atoms with Gasteiger partial charge in [0.05, 0.1) is 17.5 Å². The fraction of sp³-hybridized carbons (Fsp3) is 0.143. The van der Waals surface area contributed by atoms with Gasteiger partial charge in [-0.15, -0.1) is 0 Å². The number of rotatable bonds is 2. The van der Waals surface area contributed by atoms with Crippen molar-refractivity contribution in [2.75, 3.05) is 6.26 Å². The van der Waals surface area contributed by atoms with Crippen molar-refractivity contribution in [3.8, 4) is 17.3 Å². The molecule has 0 aromatic carbocycles. The molecule has 1 N–H and O–H groups in total. The minimum Gasteiger partial charge on any atom is -0.345 e. The maximum Gasteiger partial charge on any atom is 0.247 e. The quantitative estimate of drug-likeness (QED) is 0.719. The third-order valence-corrected chi connectivity index (χ3v) is 4.00. The first-order valence-corrected chi connectivity index (χ1v) is 8.20. The molecular weight excluding hydrogens is 302 g/mol. The number of nitriles is 1. The minimum atomic E-state index is -3.56.